The van der Waals surface area contributed by atoms with Crippen LogP contribution in [0, 0.1) is 5.92 Å². The minimum Gasteiger partial charge on any atom is -0.379 e. The van der Waals surface area contributed by atoms with Gasteiger partial charge in [-0.2, -0.15) is 4.31 Å². The van der Waals surface area contributed by atoms with Crippen molar-refractivity contribution in [3.8, 4) is 0 Å². The monoisotopic (exact) mass is 465 g/mol. The van der Waals surface area contributed by atoms with Gasteiger partial charge in [-0.3, -0.25) is 9.89 Å². The number of carbonyl (C=O) groups excluding carboxylic acids is 1. The number of H-pyrrole nitrogens is 1. The number of morpholine rings is 1. The number of hydrogen-bond donors (Lipinski definition) is 2. The van der Waals surface area contributed by atoms with Crippen LogP contribution < -0.4 is 5.32 Å². The van der Waals surface area contributed by atoms with Gasteiger partial charge in [0.05, 0.1) is 23.9 Å². The number of amides is 1. The largest absolute Gasteiger partial charge is 0.379 e. The molecule has 2 N–H and O–H groups in total. The van der Waals surface area contributed by atoms with Crippen molar-refractivity contribution in [3.63, 3.8) is 0 Å². The summed E-state index contributed by atoms with van der Waals surface area (Å²) in [5, 5.41) is 10.5. The van der Waals surface area contributed by atoms with Gasteiger partial charge in [0.1, 0.15) is 5.82 Å². The molecule has 1 aromatic carbocycles. The number of hydrogen-bond acceptors (Lipinski definition) is 7. The lowest BCUT2D eigenvalue weighted by Gasteiger charge is -2.26. The Kier molecular flexibility index (Phi) is 7.26. The molecule has 1 aliphatic carbocycles. The highest BCUT2D eigenvalue weighted by molar-refractivity contribution is 7.99. The second kappa shape index (κ2) is 10.1. The highest BCUT2D eigenvalue weighted by atomic mass is 32.2. The predicted molar refractivity (Wildman–Crippen MR) is 117 cm³/mol. The summed E-state index contributed by atoms with van der Waals surface area (Å²) in [4.78, 5) is 16.9. The Bertz CT molecular complexity index is 981. The van der Waals surface area contributed by atoms with Crippen LogP contribution in [0.3, 0.4) is 0 Å². The average Bonchev–Trinajstić information content (AvgIpc) is 3.46. The van der Waals surface area contributed by atoms with Crippen molar-refractivity contribution in [1.29, 1.82) is 0 Å². The van der Waals surface area contributed by atoms with E-state index in [-0.39, 0.29) is 16.6 Å². The van der Waals surface area contributed by atoms with Crippen molar-refractivity contribution in [2.24, 2.45) is 5.92 Å². The van der Waals surface area contributed by atoms with Gasteiger partial charge in [0.25, 0.3) is 0 Å². The number of rotatable bonds is 8. The molecule has 168 valence electrons. The van der Waals surface area contributed by atoms with Gasteiger partial charge in [-0.1, -0.05) is 37.4 Å². The van der Waals surface area contributed by atoms with E-state index in [1.807, 2.05) is 0 Å². The first-order valence-electron chi connectivity index (χ1n) is 10.5. The third kappa shape index (κ3) is 5.85. The summed E-state index contributed by atoms with van der Waals surface area (Å²) >= 11 is 1.27. The topological polar surface area (TPSA) is 117 Å². The van der Waals surface area contributed by atoms with Crippen molar-refractivity contribution >= 4 is 33.4 Å². The first kappa shape index (κ1) is 22.3. The summed E-state index contributed by atoms with van der Waals surface area (Å²) in [6.45, 7) is 1.50. The van der Waals surface area contributed by atoms with Gasteiger partial charge in [-0.25, -0.2) is 13.4 Å². The van der Waals surface area contributed by atoms with Crippen molar-refractivity contribution in [2.45, 2.75) is 42.2 Å². The molecule has 4 rings (SSSR count). The maximum Gasteiger partial charge on any atom is 0.243 e. The van der Waals surface area contributed by atoms with Gasteiger partial charge >= 0.3 is 0 Å². The summed E-state index contributed by atoms with van der Waals surface area (Å²) in [7, 11) is -3.54. The molecule has 2 aliphatic rings. The lowest BCUT2D eigenvalue weighted by atomic mass is 10.0. The molecule has 2 aromatic rings. The number of nitrogens with one attached hydrogen (secondary N) is 2. The van der Waals surface area contributed by atoms with E-state index in [0.717, 1.165) is 12.2 Å². The second-order valence-corrected chi connectivity index (χ2v) is 10.7. The highest BCUT2D eigenvalue weighted by Gasteiger charge is 2.26. The number of anilines is 1. The fraction of sp³-hybridized carbons (Fsp3) is 0.550. The zero-order valence-electron chi connectivity index (χ0n) is 17.2. The Morgan fingerprint density at radius 1 is 1.19 bits per heavy atom. The third-order valence-electron chi connectivity index (χ3n) is 5.55. The lowest BCUT2D eigenvalue weighted by Crippen LogP contribution is -2.40. The lowest BCUT2D eigenvalue weighted by molar-refractivity contribution is -0.113. The number of carbonyl (C=O) groups is 1. The van der Waals surface area contributed by atoms with Crippen LogP contribution in [-0.4, -0.2) is 65.9 Å². The Labute approximate surface area is 186 Å². The smallest absolute Gasteiger partial charge is 0.243 e. The molecule has 0 bridgehead atoms. The van der Waals surface area contributed by atoms with Gasteiger partial charge in [-0.15, -0.1) is 5.10 Å². The van der Waals surface area contributed by atoms with Gasteiger partial charge < -0.3 is 10.1 Å². The predicted octanol–water partition coefficient (Wildman–Crippen LogP) is 2.29. The molecule has 1 aliphatic heterocycles. The number of nitrogens with zero attached hydrogens (tertiary/aromatic N) is 3. The van der Waals surface area contributed by atoms with Crippen LogP contribution in [0.4, 0.5) is 5.69 Å². The summed E-state index contributed by atoms with van der Waals surface area (Å²) in [5.41, 5.74) is 0.545. The molecule has 0 unspecified atom stereocenters. The number of thioether (sulfide) groups is 1. The van der Waals surface area contributed by atoms with Crippen LogP contribution in [0.25, 0.3) is 0 Å². The molecule has 0 atom stereocenters. The van der Waals surface area contributed by atoms with E-state index in [0.29, 0.717) is 43.1 Å². The van der Waals surface area contributed by atoms with Crippen molar-refractivity contribution < 1.29 is 17.9 Å². The molecule has 2 fully saturated rings. The van der Waals surface area contributed by atoms with Crippen LogP contribution in [0.1, 0.15) is 31.5 Å². The molecule has 1 aromatic heterocycles. The average molecular weight is 466 g/mol. The van der Waals surface area contributed by atoms with E-state index in [1.54, 1.807) is 12.1 Å². The minimum absolute atomic E-state index is 0.175. The Morgan fingerprint density at radius 3 is 2.61 bits per heavy atom. The zero-order valence-corrected chi connectivity index (χ0v) is 18.9. The van der Waals surface area contributed by atoms with Gasteiger partial charge in [0.15, 0.2) is 0 Å². The van der Waals surface area contributed by atoms with Crippen molar-refractivity contribution in [2.75, 3.05) is 37.4 Å². The molecule has 0 spiro atoms. The Morgan fingerprint density at radius 2 is 1.90 bits per heavy atom. The van der Waals surface area contributed by atoms with E-state index in [9.17, 15) is 13.2 Å². The standard InChI is InChI=1S/C20H27N5O4S2/c26-19(14-30-20-22-18(23-24-20)13-15-3-1-2-4-15)21-16-5-7-17(8-6-16)31(27,28)25-9-11-29-12-10-25/h5-8,15H,1-4,9-14H2,(H,21,26)(H,22,23,24). The van der Waals surface area contributed by atoms with E-state index in [1.165, 1.54) is 53.9 Å². The molecule has 1 saturated carbocycles. The molecule has 31 heavy (non-hydrogen) atoms. The van der Waals surface area contributed by atoms with Crippen LogP contribution in [-0.2, 0) is 26.0 Å². The third-order valence-corrected chi connectivity index (χ3v) is 8.31. The number of aromatic nitrogens is 3. The van der Waals surface area contributed by atoms with Crippen molar-refractivity contribution in [3.05, 3.63) is 30.1 Å². The normalized spacial score (nSPS) is 18.3. The summed E-state index contributed by atoms with van der Waals surface area (Å²) < 4.78 is 31.9. The fourth-order valence-electron chi connectivity index (χ4n) is 3.89. The number of sulfonamides is 1. The van der Waals surface area contributed by atoms with Gasteiger partial charge in [-0.05, 0) is 30.2 Å². The van der Waals surface area contributed by atoms with E-state index < -0.39 is 10.0 Å². The summed E-state index contributed by atoms with van der Waals surface area (Å²) in [6.07, 6.45) is 6.00. The Hall–Kier alpha value is -1.95. The van der Waals surface area contributed by atoms with E-state index in [2.05, 4.69) is 20.5 Å². The first-order valence-corrected chi connectivity index (χ1v) is 13.0. The quantitative estimate of drug-likeness (QED) is 0.574. The van der Waals surface area contributed by atoms with Crippen molar-refractivity contribution in [1.82, 2.24) is 19.5 Å². The summed E-state index contributed by atoms with van der Waals surface area (Å²) in [6, 6.07) is 6.22. The maximum atomic E-state index is 12.7. The maximum absolute atomic E-state index is 12.7. The molecule has 11 heteroatoms. The molecule has 9 nitrogen and oxygen atoms in total. The van der Waals surface area contributed by atoms with Gasteiger partial charge in [0.2, 0.25) is 21.1 Å². The van der Waals surface area contributed by atoms with E-state index >= 15 is 0 Å². The molecule has 2 heterocycles. The first-order chi connectivity index (χ1) is 15.0. The van der Waals surface area contributed by atoms with Gasteiger partial charge in [0, 0.05) is 25.2 Å². The van der Waals surface area contributed by atoms with E-state index in [4.69, 9.17) is 4.74 Å². The number of aromatic amines is 1. The van der Waals surface area contributed by atoms with Crippen LogP contribution in [0.2, 0.25) is 0 Å². The number of benzene rings is 1. The molecular weight excluding hydrogens is 438 g/mol. The zero-order chi connectivity index (χ0) is 21.7. The van der Waals surface area contributed by atoms with Crippen LogP contribution in [0.5, 0.6) is 0 Å². The second-order valence-electron chi connectivity index (χ2n) is 7.80. The molecule has 0 radical (unpaired) electrons. The summed E-state index contributed by atoms with van der Waals surface area (Å²) in [5.74, 6) is 1.54. The minimum atomic E-state index is -3.54. The Balaban J connectivity index is 1.26. The molecule has 1 saturated heterocycles. The number of ether oxygens (including phenoxy) is 1. The highest BCUT2D eigenvalue weighted by Crippen LogP contribution is 2.27. The van der Waals surface area contributed by atoms with Crippen LogP contribution in [0.15, 0.2) is 34.3 Å². The fourth-order valence-corrected chi connectivity index (χ4v) is 5.92. The van der Waals surface area contributed by atoms with Crippen LogP contribution >= 0.6 is 11.8 Å². The molecular formula is C20H27N5O4S2. The SMILES string of the molecule is O=C(CSc1n[nH]c(CC2CCCC2)n1)Nc1ccc(S(=O)(=O)N2CCOCC2)cc1. The molecule has 1 amide bonds.